The first-order valence-electron chi connectivity index (χ1n) is 3.64. The van der Waals surface area contributed by atoms with Crippen LogP contribution in [-0.2, 0) is 11.3 Å². The van der Waals surface area contributed by atoms with E-state index in [2.05, 4.69) is 4.99 Å². The predicted molar refractivity (Wildman–Crippen MR) is 42.9 cm³/mol. The summed E-state index contributed by atoms with van der Waals surface area (Å²) >= 11 is 0. The number of benzene rings is 1. The van der Waals surface area contributed by atoms with Gasteiger partial charge in [-0.25, -0.2) is 18.6 Å². The molecule has 4 heteroatoms. The van der Waals surface area contributed by atoms with Crippen LogP contribution in [-0.4, -0.2) is 6.08 Å². The van der Waals surface area contributed by atoms with Gasteiger partial charge in [0.05, 0.1) is 6.54 Å². The number of hydrogen-bond acceptors (Lipinski definition) is 2. The van der Waals surface area contributed by atoms with E-state index in [1.54, 1.807) is 0 Å². The molecule has 68 valence electrons. The van der Waals surface area contributed by atoms with Crippen molar-refractivity contribution in [2.45, 2.75) is 13.5 Å². The van der Waals surface area contributed by atoms with Crippen molar-refractivity contribution in [3.05, 3.63) is 34.9 Å². The monoisotopic (exact) mass is 183 g/mol. The van der Waals surface area contributed by atoms with Crippen LogP contribution in [0, 0.1) is 18.6 Å². The molecule has 0 heterocycles. The number of carbonyl (C=O) groups excluding carboxylic acids is 1. The molecule has 0 fully saturated rings. The second kappa shape index (κ2) is 3.92. The van der Waals surface area contributed by atoms with Crippen LogP contribution in [0.5, 0.6) is 0 Å². The predicted octanol–water partition coefficient (Wildman–Crippen LogP) is 2.11. The molecule has 0 saturated carbocycles. The topological polar surface area (TPSA) is 29.4 Å². The lowest BCUT2D eigenvalue weighted by molar-refractivity contribution is 0.493. The van der Waals surface area contributed by atoms with E-state index in [0.717, 1.165) is 0 Å². The average molecular weight is 183 g/mol. The first kappa shape index (κ1) is 9.55. The Morgan fingerprint density at radius 1 is 1.38 bits per heavy atom. The molecule has 1 rings (SSSR count). The van der Waals surface area contributed by atoms with E-state index >= 15 is 0 Å². The highest BCUT2D eigenvalue weighted by atomic mass is 19.2. The minimum atomic E-state index is -0.945. The molecule has 0 spiro atoms. The highest BCUT2D eigenvalue weighted by Gasteiger charge is 2.09. The standard InChI is InChI=1S/C9H7F2NO/c1-6-2-3-7(4-12-5-13)9(11)8(6)10/h2-3H,4H2,1H3. The molecule has 2 nitrogen and oxygen atoms in total. The number of isocyanates is 1. The van der Waals surface area contributed by atoms with Gasteiger partial charge < -0.3 is 0 Å². The van der Waals surface area contributed by atoms with Crippen LogP contribution in [0.4, 0.5) is 8.78 Å². The molecule has 1 aromatic carbocycles. The summed E-state index contributed by atoms with van der Waals surface area (Å²) in [6.45, 7) is 1.29. The minimum Gasteiger partial charge on any atom is -0.211 e. The summed E-state index contributed by atoms with van der Waals surface area (Å²) < 4.78 is 25.9. The van der Waals surface area contributed by atoms with Crippen molar-refractivity contribution >= 4 is 6.08 Å². The molecule has 0 aliphatic rings. The minimum absolute atomic E-state index is 0.0615. The number of hydrogen-bond donors (Lipinski definition) is 0. The summed E-state index contributed by atoms with van der Waals surface area (Å²) in [6, 6.07) is 2.84. The van der Waals surface area contributed by atoms with Crippen LogP contribution in [0.1, 0.15) is 11.1 Å². The van der Waals surface area contributed by atoms with Gasteiger partial charge in [-0.15, -0.1) is 0 Å². The zero-order chi connectivity index (χ0) is 9.84. The first-order chi connectivity index (χ1) is 6.16. The lowest BCUT2D eigenvalue weighted by atomic mass is 10.1. The maximum Gasteiger partial charge on any atom is 0.235 e. The lowest BCUT2D eigenvalue weighted by Crippen LogP contribution is -1.95. The van der Waals surface area contributed by atoms with Gasteiger partial charge >= 0.3 is 0 Å². The molecule has 0 atom stereocenters. The number of aryl methyl sites for hydroxylation is 1. The Bertz CT molecular complexity index is 370. The molecule has 0 aliphatic carbocycles. The third kappa shape index (κ3) is 1.98. The Morgan fingerprint density at radius 3 is 2.69 bits per heavy atom. The van der Waals surface area contributed by atoms with Gasteiger partial charge in [0.2, 0.25) is 6.08 Å². The fraction of sp³-hybridized carbons (Fsp3) is 0.222. The normalized spacial score (nSPS) is 9.46. The van der Waals surface area contributed by atoms with Gasteiger partial charge in [0, 0.05) is 5.56 Å². The molecule has 0 N–H and O–H groups in total. The third-order valence-corrected chi connectivity index (χ3v) is 1.67. The lowest BCUT2D eigenvalue weighted by Gasteiger charge is -2.01. The molecule has 0 saturated heterocycles. The fourth-order valence-corrected chi connectivity index (χ4v) is 0.926. The number of nitrogens with zero attached hydrogens (tertiary/aromatic N) is 1. The summed E-state index contributed by atoms with van der Waals surface area (Å²) in [5.74, 6) is -1.84. The molecule has 0 radical (unpaired) electrons. The zero-order valence-corrected chi connectivity index (χ0v) is 6.97. The molecule has 0 aliphatic heterocycles. The molecule has 0 amide bonds. The van der Waals surface area contributed by atoms with Crippen LogP contribution in [0.15, 0.2) is 17.1 Å². The summed E-state index contributed by atoms with van der Waals surface area (Å²) in [5, 5.41) is 0. The van der Waals surface area contributed by atoms with Crippen LogP contribution >= 0.6 is 0 Å². The Hall–Kier alpha value is -1.54. The second-order valence-electron chi connectivity index (χ2n) is 2.58. The van der Waals surface area contributed by atoms with Crippen molar-refractivity contribution in [1.29, 1.82) is 0 Å². The van der Waals surface area contributed by atoms with Crippen molar-refractivity contribution in [1.82, 2.24) is 0 Å². The Morgan fingerprint density at radius 2 is 2.08 bits per heavy atom. The van der Waals surface area contributed by atoms with E-state index in [1.807, 2.05) is 0 Å². The third-order valence-electron chi connectivity index (χ3n) is 1.67. The van der Waals surface area contributed by atoms with Gasteiger partial charge in [0.25, 0.3) is 0 Å². The Balaban J connectivity index is 3.10. The maximum atomic E-state index is 13.0. The molecule has 1 aromatic rings. The van der Waals surface area contributed by atoms with Gasteiger partial charge in [-0.2, -0.15) is 0 Å². The van der Waals surface area contributed by atoms with E-state index in [0.29, 0.717) is 0 Å². The molecule has 0 aromatic heterocycles. The van der Waals surface area contributed by atoms with Crippen LogP contribution in [0.3, 0.4) is 0 Å². The van der Waals surface area contributed by atoms with Gasteiger partial charge in [0.1, 0.15) is 0 Å². The Labute approximate surface area is 73.9 Å². The van der Waals surface area contributed by atoms with Crippen molar-refractivity contribution < 1.29 is 13.6 Å². The molecule has 13 heavy (non-hydrogen) atoms. The largest absolute Gasteiger partial charge is 0.235 e. The van der Waals surface area contributed by atoms with Crippen LogP contribution in [0.2, 0.25) is 0 Å². The Kier molecular flexibility index (Phi) is 2.88. The molecular formula is C9H7F2NO. The number of aliphatic imine (C=N–C) groups is 1. The van der Waals surface area contributed by atoms with Crippen molar-refractivity contribution in [3.63, 3.8) is 0 Å². The van der Waals surface area contributed by atoms with Crippen molar-refractivity contribution in [2.24, 2.45) is 4.99 Å². The smallest absolute Gasteiger partial charge is 0.211 e. The first-order valence-corrected chi connectivity index (χ1v) is 3.64. The summed E-state index contributed by atoms with van der Waals surface area (Å²) in [6.07, 6.45) is 1.26. The van der Waals surface area contributed by atoms with Crippen molar-refractivity contribution in [3.8, 4) is 0 Å². The highest BCUT2D eigenvalue weighted by molar-refractivity contribution is 5.34. The molecule has 0 unspecified atom stereocenters. The van der Waals surface area contributed by atoms with Gasteiger partial charge in [0.15, 0.2) is 11.6 Å². The molecular weight excluding hydrogens is 176 g/mol. The average Bonchev–Trinajstić information content (AvgIpc) is 2.13. The van der Waals surface area contributed by atoms with E-state index in [1.165, 1.54) is 25.1 Å². The van der Waals surface area contributed by atoms with Crippen LogP contribution < -0.4 is 0 Å². The highest BCUT2D eigenvalue weighted by Crippen LogP contribution is 2.15. The van der Waals surface area contributed by atoms with Crippen molar-refractivity contribution in [2.75, 3.05) is 0 Å². The summed E-state index contributed by atoms with van der Waals surface area (Å²) in [4.78, 5) is 12.9. The van der Waals surface area contributed by atoms with Crippen LogP contribution in [0.25, 0.3) is 0 Å². The summed E-state index contributed by atoms with van der Waals surface area (Å²) in [7, 11) is 0. The van der Waals surface area contributed by atoms with Gasteiger partial charge in [-0.3, -0.25) is 0 Å². The van der Waals surface area contributed by atoms with Gasteiger partial charge in [-0.05, 0) is 12.5 Å². The summed E-state index contributed by atoms with van der Waals surface area (Å²) in [5.41, 5.74) is 0.294. The van der Waals surface area contributed by atoms with E-state index in [9.17, 15) is 13.6 Å². The maximum absolute atomic E-state index is 13.0. The quantitative estimate of drug-likeness (QED) is 0.510. The fourth-order valence-electron chi connectivity index (χ4n) is 0.926. The van der Waals surface area contributed by atoms with E-state index in [-0.39, 0.29) is 17.7 Å². The second-order valence-corrected chi connectivity index (χ2v) is 2.58. The molecule has 0 bridgehead atoms. The SMILES string of the molecule is Cc1ccc(CN=C=O)c(F)c1F. The number of halogens is 2. The number of rotatable bonds is 2. The van der Waals surface area contributed by atoms with E-state index in [4.69, 9.17) is 0 Å². The van der Waals surface area contributed by atoms with E-state index < -0.39 is 11.6 Å². The zero-order valence-electron chi connectivity index (χ0n) is 6.97. The van der Waals surface area contributed by atoms with Gasteiger partial charge in [-0.1, -0.05) is 12.1 Å².